The largest absolute Gasteiger partial charge is 0.352 e. The number of thiazole rings is 1. The smallest absolute Gasteiger partial charge is 0.246 e. The first-order valence-corrected chi connectivity index (χ1v) is 6.91. The lowest BCUT2D eigenvalue weighted by Gasteiger charge is -2.16. The zero-order valence-electron chi connectivity index (χ0n) is 11.6. The van der Waals surface area contributed by atoms with Crippen molar-refractivity contribution in [2.75, 3.05) is 13.6 Å². The number of hydrogen-bond donors (Lipinski definition) is 1. The van der Waals surface area contributed by atoms with Crippen LogP contribution in [0.15, 0.2) is 11.5 Å². The van der Waals surface area contributed by atoms with E-state index in [1.807, 2.05) is 26.2 Å². The van der Waals surface area contributed by atoms with Gasteiger partial charge in [-0.25, -0.2) is 4.98 Å². The quantitative estimate of drug-likeness (QED) is 0.831. The molecule has 19 heavy (non-hydrogen) atoms. The number of nitrogens with zero attached hydrogens (tertiary/aromatic N) is 2. The summed E-state index contributed by atoms with van der Waals surface area (Å²) in [7, 11) is 1.60. The number of aryl methyl sites for hydroxylation is 1. The average Bonchev–Trinajstić information content (AvgIpc) is 2.70. The van der Waals surface area contributed by atoms with Gasteiger partial charge in [0.05, 0.1) is 17.2 Å². The van der Waals surface area contributed by atoms with E-state index in [0.29, 0.717) is 0 Å². The zero-order chi connectivity index (χ0) is 14.4. The molecule has 0 spiro atoms. The molecule has 5 nitrogen and oxygen atoms in total. The van der Waals surface area contributed by atoms with E-state index >= 15 is 0 Å². The Hall–Kier alpha value is -1.69. The normalized spacial score (nSPS) is 11.0. The minimum Gasteiger partial charge on any atom is -0.352 e. The second kappa shape index (κ2) is 7.04. The van der Waals surface area contributed by atoms with Crippen molar-refractivity contribution in [3.05, 3.63) is 22.2 Å². The van der Waals surface area contributed by atoms with Crippen molar-refractivity contribution < 1.29 is 9.59 Å². The maximum atomic E-state index is 11.8. The highest BCUT2D eigenvalue weighted by atomic mass is 32.1. The van der Waals surface area contributed by atoms with Crippen molar-refractivity contribution in [1.29, 1.82) is 0 Å². The minimum atomic E-state index is -0.218. The summed E-state index contributed by atoms with van der Waals surface area (Å²) in [6.07, 6.45) is 3.08. The Morgan fingerprint density at radius 2 is 2.21 bits per heavy atom. The first-order chi connectivity index (χ1) is 8.88. The standard InChI is InChI=1S/C13H19N3O2S/c1-9(2)14-12(17)7-16(4)13(18)6-5-11-8-19-10(3)15-11/h5-6,8-9H,7H2,1-4H3,(H,14,17)/b6-5+. The third-order valence-electron chi connectivity index (χ3n) is 2.24. The number of carbonyl (C=O) groups excluding carboxylic acids is 2. The van der Waals surface area contributed by atoms with Crippen LogP contribution in [0.3, 0.4) is 0 Å². The summed E-state index contributed by atoms with van der Waals surface area (Å²) in [6.45, 7) is 5.72. The molecule has 104 valence electrons. The molecular formula is C13H19N3O2S. The van der Waals surface area contributed by atoms with Crippen molar-refractivity contribution in [3.63, 3.8) is 0 Å². The van der Waals surface area contributed by atoms with Crippen LogP contribution in [-0.4, -0.2) is 41.3 Å². The Labute approximate surface area is 117 Å². The van der Waals surface area contributed by atoms with Gasteiger partial charge in [0.2, 0.25) is 11.8 Å². The molecule has 0 unspecified atom stereocenters. The predicted molar refractivity (Wildman–Crippen MR) is 76.8 cm³/mol. The molecule has 6 heteroatoms. The molecule has 0 fully saturated rings. The lowest BCUT2D eigenvalue weighted by atomic mass is 10.3. The third kappa shape index (κ3) is 5.65. The number of hydrogen-bond acceptors (Lipinski definition) is 4. The topological polar surface area (TPSA) is 62.3 Å². The van der Waals surface area contributed by atoms with Gasteiger partial charge in [0.1, 0.15) is 0 Å². The molecule has 0 saturated heterocycles. The summed E-state index contributed by atoms with van der Waals surface area (Å²) in [5.41, 5.74) is 0.760. The first kappa shape index (κ1) is 15.4. The molecule has 1 rings (SSSR count). The highest BCUT2D eigenvalue weighted by Gasteiger charge is 2.11. The van der Waals surface area contributed by atoms with Crippen LogP contribution in [0.2, 0.25) is 0 Å². The van der Waals surface area contributed by atoms with E-state index < -0.39 is 0 Å². The number of aromatic nitrogens is 1. The SMILES string of the molecule is Cc1nc(/C=C/C(=O)N(C)CC(=O)NC(C)C)cs1. The molecule has 1 aromatic heterocycles. The van der Waals surface area contributed by atoms with Gasteiger partial charge in [-0.1, -0.05) is 0 Å². The molecule has 0 aromatic carbocycles. The first-order valence-electron chi connectivity index (χ1n) is 6.03. The van der Waals surface area contributed by atoms with E-state index in [4.69, 9.17) is 0 Å². The molecule has 2 amide bonds. The van der Waals surface area contributed by atoms with Gasteiger partial charge in [0, 0.05) is 24.5 Å². The van der Waals surface area contributed by atoms with Gasteiger partial charge < -0.3 is 10.2 Å². The molecule has 0 radical (unpaired) electrons. The zero-order valence-corrected chi connectivity index (χ0v) is 12.5. The Morgan fingerprint density at radius 1 is 1.53 bits per heavy atom. The van der Waals surface area contributed by atoms with Gasteiger partial charge >= 0.3 is 0 Å². The van der Waals surface area contributed by atoms with Crippen molar-refractivity contribution >= 4 is 29.2 Å². The highest BCUT2D eigenvalue weighted by Crippen LogP contribution is 2.09. The summed E-state index contributed by atoms with van der Waals surface area (Å²) >= 11 is 1.53. The van der Waals surface area contributed by atoms with E-state index in [9.17, 15) is 9.59 Å². The van der Waals surface area contributed by atoms with Crippen LogP contribution >= 0.6 is 11.3 Å². The van der Waals surface area contributed by atoms with E-state index in [1.165, 1.54) is 22.3 Å². The lowest BCUT2D eigenvalue weighted by molar-refractivity contribution is -0.131. The molecule has 0 atom stereocenters. The van der Waals surface area contributed by atoms with Crippen LogP contribution in [0.1, 0.15) is 24.5 Å². The second-order valence-corrected chi connectivity index (χ2v) is 5.60. The highest BCUT2D eigenvalue weighted by molar-refractivity contribution is 7.09. The Kier molecular flexibility index (Phi) is 5.69. The number of nitrogens with one attached hydrogen (secondary N) is 1. The van der Waals surface area contributed by atoms with Gasteiger partial charge in [-0.15, -0.1) is 11.3 Å². The van der Waals surface area contributed by atoms with E-state index in [0.717, 1.165) is 10.7 Å². The van der Waals surface area contributed by atoms with Crippen LogP contribution in [-0.2, 0) is 9.59 Å². The van der Waals surface area contributed by atoms with Gasteiger partial charge in [-0.2, -0.15) is 0 Å². The maximum Gasteiger partial charge on any atom is 0.246 e. The molecule has 0 aliphatic carbocycles. The average molecular weight is 281 g/mol. The molecule has 1 N–H and O–H groups in total. The fourth-order valence-corrected chi connectivity index (χ4v) is 1.98. The molecule has 1 heterocycles. The Bertz CT molecular complexity index is 480. The van der Waals surface area contributed by atoms with Crippen molar-refractivity contribution in [1.82, 2.24) is 15.2 Å². The number of rotatable bonds is 5. The van der Waals surface area contributed by atoms with Gasteiger partial charge in [0.15, 0.2) is 0 Å². The van der Waals surface area contributed by atoms with Crippen LogP contribution in [0.25, 0.3) is 6.08 Å². The van der Waals surface area contributed by atoms with Gasteiger partial charge in [-0.3, -0.25) is 9.59 Å². The number of likely N-dealkylation sites (N-methyl/N-ethyl adjacent to an activating group) is 1. The number of carbonyl (C=O) groups is 2. The molecule has 0 aliphatic heterocycles. The maximum absolute atomic E-state index is 11.8. The monoisotopic (exact) mass is 281 g/mol. The molecule has 1 aromatic rings. The summed E-state index contributed by atoms with van der Waals surface area (Å²) < 4.78 is 0. The van der Waals surface area contributed by atoms with Crippen LogP contribution in [0.5, 0.6) is 0 Å². The second-order valence-electron chi connectivity index (χ2n) is 4.54. The van der Waals surface area contributed by atoms with Crippen LogP contribution in [0.4, 0.5) is 0 Å². The van der Waals surface area contributed by atoms with Gasteiger partial charge in [0.25, 0.3) is 0 Å². The predicted octanol–water partition coefficient (Wildman–Crippen LogP) is 1.45. The third-order valence-corrected chi connectivity index (χ3v) is 3.03. The fourth-order valence-electron chi connectivity index (χ4n) is 1.40. The fraction of sp³-hybridized carbons (Fsp3) is 0.462. The Morgan fingerprint density at radius 3 is 2.74 bits per heavy atom. The van der Waals surface area contributed by atoms with E-state index in [-0.39, 0.29) is 24.4 Å². The summed E-state index contributed by atoms with van der Waals surface area (Å²) in [5.74, 6) is -0.381. The summed E-state index contributed by atoms with van der Waals surface area (Å²) in [4.78, 5) is 28.9. The van der Waals surface area contributed by atoms with Gasteiger partial charge in [-0.05, 0) is 26.8 Å². The number of amides is 2. The summed E-state index contributed by atoms with van der Waals surface area (Å²) in [6, 6.07) is 0.0736. The lowest BCUT2D eigenvalue weighted by Crippen LogP contribution is -2.40. The van der Waals surface area contributed by atoms with Crippen molar-refractivity contribution in [3.8, 4) is 0 Å². The minimum absolute atomic E-state index is 0.0530. The van der Waals surface area contributed by atoms with Crippen molar-refractivity contribution in [2.24, 2.45) is 0 Å². The van der Waals surface area contributed by atoms with E-state index in [1.54, 1.807) is 13.1 Å². The molecular weight excluding hydrogens is 262 g/mol. The van der Waals surface area contributed by atoms with E-state index in [2.05, 4.69) is 10.3 Å². The van der Waals surface area contributed by atoms with Crippen molar-refractivity contribution in [2.45, 2.75) is 26.8 Å². The molecule has 0 bridgehead atoms. The molecule has 0 saturated carbocycles. The Balaban J connectivity index is 2.48. The van der Waals surface area contributed by atoms with Crippen LogP contribution in [0, 0.1) is 6.92 Å². The van der Waals surface area contributed by atoms with Crippen LogP contribution < -0.4 is 5.32 Å². The molecule has 0 aliphatic rings. The summed E-state index contributed by atoms with van der Waals surface area (Å²) in [5, 5.41) is 5.57.